The van der Waals surface area contributed by atoms with E-state index in [4.69, 9.17) is 4.74 Å². The van der Waals surface area contributed by atoms with E-state index in [0.29, 0.717) is 5.01 Å². The van der Waals surface area contributed by atoms with E-state index in [-0.39, 0.29) is 5.71 Å². The maximum Gasteiger partial charge on any atom is 0.196 e. The monoisotopic (exact) mass is 348 g/mol. The van der Waals surface area contributed by atoms with E-state index >= 15 is 0 Å². The number of aromatic nitrogens is 1. The summed E-state index contributed by atoms with van der Waals surface area (Å²) < 4.78 is 5.24. The Morgan fingerprint density at radius 2 is 2.04 bits per heavy atom. The Balaban J connectivity index is 1.82. The third-order valence-electron chi connectivity index (χ3n) is 3.53. The third-order valence-corrected chi connectivity index (χ3v) is 4.38. The van der Waals surface area contributed by atoms with Crippen molar-refractivity contribution in [1.29, 1.82) is 5.26 Å². The molecule has 0 amide bonds. The lowest BCUT2D eigenvalue weighted by Gasteiger charge is -2.02. The summed E-state index contributed by atoms with van der Waals surface area (Å²) in [6.07, 6.45) is 0. The third kappa shape index (κ3) is 4.03. The van der Waals surface area contributed by atoms with Crippen molar-refractivity contribution in [3.63, 3.8) is 0 Å². The van der Waals surface area contributed by atoms with Gasteiger partial charge in [-0.05, 0) is 31.2 Å². The molecule has 0 saturated carbocycles. The fraction of sp³-hybridized carbons (Fsp3) is 0.105. The van der Waals surface area contributed by atoms with Crippen LogP contribution in [0.3, 0.4) is 0 Å². The molecular weight excluding hydrogens is 332 g/mol. The van der Waals surface area contributed by atoms with Crippen molar-refractivity contribution in [2.75, 3.05) is 12.5 Å². The fourth-order valence-electron chi connectivity index (χ4n) is 2.17. The van der Waals surface area contributed by atoms with E-state index in [1.54, 1.807) is 7.11 Å². The van der Waals surface area contributed by atoms with Gasteiger partial charge in [-0.25, -0.2) is 4.98 Å². The van der Waals surface area contributed by atoms with Crippen LogP contribution in [-0.2, 0) is 0 Å². The molecule has 0 saturated heterocycles. The van der Waals surface area contributed by atoms with Crippen molar-refractivity contribution in [1.82, 2.24) is 4.98 Å². The summed E-state index contributed by atoms with van der Waals surface area (Å²) >= 11 is 1.38. The van der Waals surface area contributed by atoms with E-state index in [1.807, 2.05) is 60.8 Å². The van der Waals surface area contributed by atoms with Crippen molar-refractivity contribution in [3.8, 4) is 23.1 Å². The van der Waals surface area contributed by atoms with E-state index in [2.05, 4.69) is 21.6 Å². The molecule has 6 heteroatoms. The van der Waals surface area contributed by atoms with Crippen molar-refractivity contribution in [2.45, 2.75) is 6.92 Å². The number of benzene rings is 2. The molecule has 0 aliphatic rings. The summed E-state index contributed by atoms with van der Waals surface area (Å²) in [5, 5.41) is 16.0. The van der Waals surface area contributed by atoms with E-state index in [9.17, 15) is 5.26 Å². The van der Waals surface area contributed by atoms with Gasteiger partial charge >= 0.3 is 0 Å². The van der Waals surface area contributed by atoms with Crippen LogP contribution in [0.25, 0.3) is 11.3 Å². The van der Waals surface area contributed by atoms with Crippen LogP contribution in [0.1, 0.15) is 10.6 Å². The lowest BCUT2D eigenvalue weighted by Crippen LogP contribution is -2.01. The summed E-state index contributed by atoms with van der Waals surface area (Å²) in [6, 6.07) is 17.5. The van der Waals surface area contributed by atoms with Gasteiger partial charge in [0.05, 0.1) is 18.5 Å². The molecule has 3 rings (SSSR count). The average Bonchev–Trinajstić information content (AvgIpc) is 3.14. The fourth-order valence-corrected chi connectivity index (χ4v) is 2.93. The SMILES string of the molecule is COc1cccc(-c2csc(/C(C#N)=N\Nc3ccc(C)cc3)n2)c1. The van der Waals surface area contributed by atoms with Crippen LogP contribution in [0.4, 0.5) is 5.69 Å². The highest BCUT2D eigenvalue weighted by Crippen LogP contribution is 2.25. The highest BCUT2D eigenvalue weighted by molar-refractivity contribution is 7.12. The number of ether oxygens (including phenoxy) is 1. The Morgan fingerprint density at radius 3 is 2.76 bits per heavy atom. The summed E-state index contributed by atoms with van der Waals surface area (Å²) in [4.78, 5) is 4.52. The number of hydrogen-bond donors (Lipinski definition) is 1. The lowest BCUT2D eigenvalue weighted by molar-refractivity contribution is 0.415. The molecule has 1 heterocycles. The van der Waals surface area contributed by atoms with E-state index < -0.39 is 0 Å². The molecule has 0 aliphatic carbocycles. The first kappa shape index (κ1) is 16.7. The number of methoxy groups -OCH3 is 1. The minimum absolute atomic E-state index is 0.250. The van der Waals surface area contributed by atoms with Gasteiger partial charge in [-0.15, -0.1) is 11.3 Å². The number of hydrazone groups is 1. The van der Waals surface area contributed by atoms with Crippen LogP contribution < -0.4 is 10.2 Å². The predicted molar refractivity (Wildman–Crippen MR) is 101 cm³/mol. The molecule has 0 fully saturated rings. The maximum atomic E-state index is 9.39. The molecule has 1 N–H and O–H groups in total. The minimum atomic E-state index is 0.250. The molecular formula is C19H16N4OS. The molecule has 0 spiro atoms. The normalized spacial score (nSPS) is 11.0. The second-order valence-electron chi connectivity index (χ2n) is 5.32. The van der Waals surface area contributed by atoms with Gasteiger partial charge in [0.2, 0.25) is 0 Å². The molecule has 3 aromatic rings. The zero-order valence-electron chi connectivity index (χ0n) is 13.9. The molecule has 5 nitrogen and oxygen atoms in total. The zero-order valence-corrected chi connectivity index (χ0v) is 14.7. The number of nitrogens with one attached hydrogen (secondary N) is 1. The van der Waals surface area contributed by atoms with Crippen LogP contribution in [0.2, 0.25) is 0 Å². The standard InChI is InChI=1S/C19H16N4OS/c1-13-6-8-15(9-7-13)22-23-17(11-20)19-21-18(12-25-19)14-4-3-5-16(10-14)24-2/h3-10,12,22H,1-2H3/b23-17-. The van der Waals surface area contributed by atoms with Gasteiger partial charge in [-0.3, -0.25) is 5.43 Å². The number of aryl methyl sites for hydroxylation is 1. The van der Waals surface area contributed by atoms with Gasteiger partial charge in [0.1, 0.15) is 11.8 Å². The number of nitriles is 1. The Labute approximate surface area is 150 Å². The first-order valence-electron chi connectivity index (χ1n) is 7.60. The van der Waals surface area contributed by atoms with Crippen LogP contribution in [0.5, 0.6) is 5.75 Å². The maximum absolute atomic E-state index is 9.39. The Morgan fingerprint density at radius 1 is 1.24 bits per heavy atom. The van der Waals surface area contributed by atoms with Gasteiger partial charge in [0.25, 0.3) is 0 Å². The van der Waals surface area contributed by atoms with E-state index in [1.165, 1.54) is 11.3 Å². The minimum Gasteiger partial charge on any atom is -0.497 e. The second kappa shape index (κ2) is 7.60. The van der Waals surface area contributed by atoms with Crippen molar-refractivity contribution < 1.29 is 4.74 Å². The lowest BCUT2D eigenvalue weighted by atomic mass is 10.2. The average molecular weight is 348 g/mol. The van der Waals surface area contributed by atoms with Gasteiger partial charge in [-0.2, -0.15) is 10.4 Å². The first-order valence-corrected chi connectivity index (χ1v) is 8.48. The van der Waals surface area contributed by atoms with Crippen LogP contribution in [-0.4, -0.2) is 17.8 Å². The van der Waals surface area contributed by atoms with Crippen molar-refractivity contribution >= 4 is 22.7 Å². The molecule has 0 unspecified atom stereocenters. The molecule has 124 valence electrons. The summed E-state index contributed by atoms with van der Waals surface area (Å²) in [5.74, 6) is 0.766. The van der Waals surface area contributed by atoms with Crippen molar-refractivity contribution in [3.05, 3.63) is 64.5 Å². The predicted octanol–water partition coefficient (Wildman–Crippen LogP) is 4.47. The zero-order chi connectivity index (χ0) is 17.6. The molecule has 0 bridgehead atoms. The molecule has 0 aliphatic heterocycles. The summed E-state index contributed by atoms with van der Waals surface area (Å²) in [7, 11) is 1.63. The first-order chi connectivity index (χ1) is 12.2. The van der Waals surface area contributed by atoms with Gasteiger partial charge in [0.15, 0.2) is 10.7 Å². The molecule has 0 radical (unpaired) electrons. The molecule has 1 aromatic heterocycles. The highest BCUT2D eigenvalue weighted by Gasteiger charge is 2.11. The topological polar surface area (TPSA) is 70.3 Å². The molecule has 0 atom stereocenters. The summed E-state index contributed by atoms with van der Waals surface area (Å²) in [6.45, 7) is 2.02. The Kier molecular flexibility index (Phi) is 5.07. The number of anilines is 1. The second-order valence-corrected chi connectivity index (χ2v) is 6.18. The molecule has 2 aromatic carbocycles. The Bertz CT molecular complexity index is 939. The van der Waals surface area contributed by atoms with Gasteiger partial charge in [0, 0.05) is 10.9 Å². The van der Waals surface area contributed by atoms with Crippen LogP contribution in [0.15, 0.2) is 59.0 Å². The van der Waals surface area contributed by atoms with Gasteiger partial charge in [-0.1, -0.05) is 29.8 Å². The van der Waals surface area contributed by atoms with Gasteiger partial charge < -0.3 is 4.74 Å². The molecule has 25 heavy (non-hydrogen) atoms. The van der Waals surface area contributed by atoms with Crippen LogP contribution in [0, 0.1) is 18.3 Å². The van der Waals surface area contributed by atoms with Crippen molar-refractivity contribution in [2.24, 2.45) is 5.10 Å². The quantitative estimate of drug-likeness (QED) is 0.545. The smallest absolute Gasteiger partial charge is 0.196 e. The Hall–Kier alpha value is -3.17. The number of thiazole rings is 1. The number of nitrogens with zero attached hydrogens (tertiary/aromatic N) is 3. The van der Waals surface area contributed by atoms with Crippen LogP contribution >= 0.6 is 11.3 Å². The number of hydrogen-bond acceptors (Lipinski definition) is 6. The number of rotatable bonds is 5. The highest BCUT2D eigenvalue weighted by atomic mass is 32.1. The summed E-state index contributed by atoms with van der Waals surface area (Å²) in [5.41, 5.74) is 6.86. The largest absolute Gasteiger partial charge is 0.497 e. The van der Waals surface area contributed by atoms with E-state index in [0.717, 1.165) is 28.3 Å².